The number of imide groups is 1. The first-order valence-electron chi connectivity index (χ1n) is 5.53. The summed E-state index contributed by atoms with van der Waals surface area (Å²) in [5, 5.41) is 11.4. The molecule has 0 radical (unpaired) electrons. The number of amides is 3. The van der Waals surface area contributed by atoms with Crippen molar-refractivity contribution < 1.29 is 19.3 Å². The lowest BCUT2D eigenvalue weighted by Gasteiger charge is -2.07. The summed E-state index contributed by atoms with van der Waals surface area (Å²) in [5.74, 6) is -2.25. The van der Waals surface area contributed by atoms with E-state index in [1.54, 1.807) is 6.07 Å². The smallest absolute Gasteiger partial charge is 0.273 e. The Kier molecular flexibility index (Phi) is 3.30. The minimum Gasteiger partial charge on any atom is -0.273 e. The number of hydrazine groups is 1. The Morgan fingerprint density at radius 3 is 2.55 bits per heavy atom. The van der Waals surface area contributed by atoms with Gasteiger partial charge in [0.1, 0.15) is 5.57 Å². The second-order valence-corrected chi connectivity index (χ2v) is 3.97. The fraction of sp³-hybridized carbons (Fsp3) is 0.0833. The van der Waals surface area contributed by atoms with Gasteiger partial charge >= 0.3 is 0 Å². The number of para-hydroxylation sites is 1. The van der Waals surface area contributed by atoms with Crippen LogP contribution in [0.25, 0.3) is 6.08 Å². The number of nitrogens with one attached hydrogen (secondary N) is 1. The number of nitrogens with zero attached hydrogens (tertiary/aromatic N) is 2. The van der Waals surface area contributed by atoms with Crippen molar-refractivity contribution in [1.29, 1.82) is 0 Å². The highest BCUT2D eigenvalue weighted by molar-refractivity contribution is 6.28. The van der Waals surface area contributed by atoms with E-state index in [0.717, 1.165) is 13.0 Å². The normalized spacial score (nSPS) is 16.4. The summed E-state index contributed by atoms with van der Waals surface area (Å²) in [5.41, 5.74) is 1.63. The summed E-state index contributed by atoms with van der Waals surface area (Å²) in [6.07, 6.45) is 1.10. The van der Waals surface area contributed by atoms with Crippen LogP contribution in [0.5, 0.6) is 0 Å². The van der Waals surface area contributed by atoms with Gasteiger partial charge in [-0.2, -0.15) is 5.01 Å². The maximum absolute atomic E-state index is 11.8. The fourth-order valence-corrected chi connectivity index (χ4v) is 1.71. The third-order valence-corrected chi connectivity index (χ3v) is 2.64. The van der Waals surface area contributed by atoms with Crippen molar-refractivity contribution in [3.63, 3.8) is 0 Å². The van der Waals surface area contributed by atoms with E-state index >= 15 is 0 Å². The Morgan fingerprint density at radius 2 is 2.00 bits per heavy atom. The standard InChI is InChI=1S/C12H9N3O5/c1-7(16)14-12(18)9(11(17)13-14)6-8-4-2-3-5-10(8)15(19)20/h2-6H,1H3,(H,13,17). The summed E-state index contributed by atoms with van der Waals surface area (Å²) >= 11 is 0. The van der Waals surface area contributed by atoms with Crippen LogP contribution in [-0.2, 0) is 14.4 Å². The van der Waals surface area contributed by atoms with Crippen molar-refractivity contribution in [1.82, 2.24) is 10.4 Å². The summed E-state index contributed by atoms with van der Waals surface area (Å²) in [6, 6.07) is 5.67. The molecule has 2 rings (SSSR count). The van der Waals surface area contributed by atoms with E-state index in [1.165, 1.54) is 18.2 Å². The van der Waals surface area contributed by atoms with Crippen LogP contribution in [0.3, 0.4) is 0 Å². The predicted molar refractivity (Wildman–Crippen MR) is 66.7 cm³/mol. The topological polar surface area (TPSA) is 110 Å². The second kappa shape index (κ2) is 4.92. The molecule has 1 aromatic carbocycles. The van der Waals surface area contributed by atoms with E-state index < -0.39 is 22.6 Å². The van der Waals surface area contributed by atoms with Gasteiger partial charge in [0.2, 0.25) is 5.91 Å². The highest BCUT2D eigenvalue weighted by Gasteiger charge is 2.36. The molecule has 8 nitrogen and oxygen atoms in total. The summed E-state index contributed by atoms with van der Waals surface area (Å²) in [6.45, 7) is 1.12. The molecule has 1 aromatic rings. The van der Waals surface area contributed by atoms with E-state index in [0.29, 0.717) is 5.01 Å². The number of nitro groups is 1. The second-order valence-electron chi connectivity index (χ2n) is 3.97. The van der Waals surface area contributed by atoms with Crippen molar-refractivity contribution >= 4 is 29.5 Å². The average Bonchev–Trinajstić information content (AvgIpc) is 2.67. The molecule has 1 N–H and O–H groups in total. The molecule has 1 aliphatic heterocycles. The zero-order valence-electron chi connectivity index (χ0n) is 10.3. The Hall–Kier alpha value is -3.03. The van der Waals surface area contributed by atoms with Gasteiger partial charge in [0.15, 0.2) is 0 Å². The molecule has 0 saturated carbocycles. The minimum absolute atomic E-state index is 0.112. The van der Waals surface area contributed by atoms with Gasteiger partial charge in [-0.15, -0.1) is 0 Å². The van der Waals surface area contributed by atoms with Crippen molar-refractivity contribution in [3.05, 3.63) is 45.5 Å². The quantitative estimate of drug-likeness (QED) is 0.363. The van der Waals surface area contributed by atoms with Crippen LogP contribution in [0, 0.1) is 10.1 Å². The van der Waals surface area contributed by atoms with Gasteiger partial charge in [0.25, 0.3) is 17.5 Å². The van der Waals surface area contributed by atoms with Gasteiger partial charge < -0.3 is 0 Å². The van der Waals surface area contributed by atoms with Gasteiger partial charge in [-0.05, 0) is 12.1 Å². The number of carbonyl (C=O) groups is 3. The molecule has 1 fully saturated rings. The molecule has 3 amide bonds. The van der Waals surface area contributed by atoms with Gasteiger partial charge in [-0.25, -0.2) is 0 Å². The lowest BCUT2D eigenvalue weighted by molar-refractivity contribution is -0.385. The molecule has 1 aliphatic rings. The van der Waals surface area contributed by atoms with Gasteiger partial charge in [-0.3, -0.25) is 29.9 Å². The number of hydrogen-bond donors (Lipinski definition) is 1. The number of carbonyl (C=O) groups excluding carboxylic acids is 3. The van der Waals surface area contributed by atoms with E-state index in [-0.39, 0.29) is 16.8 Å². The summed E-state index contributed by atoms with van der Waals surface area (Å²) < 4.78 is 0. The van der Waals surface area contributed by atoms with E-state index in [4.69, 9.17) is 0 Å². The SMILES string of the molecule is CC(=O)N1NC(=O)C(=Cc2ccccc2[N+](=O)[O-])C1=O. The Labute approximate surface area is 112 Å². The molecule has 102 valence electrons. The fourth-order valence-electron chi connectivity index (χ4n) is 1.71. The Bertz CT molecular complexity index is 665. The number of hydrogen-bond acceptors (Lipinski definition) is 5. The van der Waals surface area contributed by atoms with Gasteiger partial charge in [0.05, 0.1) is 10.5 Å². The molecular formula is C12H9N3O5. The first-order chi connectivity index (χ1) is 9.41. The van der Waals surface area contributed by atoms with E-state index in [2.05, 4.69) is 5.43 Å². The van der Waals surface area contributed by atoms with Crippen LogP contribution in [0.4, 0.5) is 5.69 Å². The first-order valence-corrected chi connectivity index (χ1v) is 5.53. The van der Waals surface area contributed by atoms with Gasteiger partial charge in [0, 0.05) is 13.0 Å². The Balaban J connectivity index is 2.46. The third kappa shape index (κ3) is 2.26. The molecular weight excluding hydrogens is 266 g/mol. The number of nitro benzene ring substituents is 1. The van der Waals surface area contributed by atoms with E-state index in [1.807, 2.05) is 0 Å². The third-order valence-electron chi connectivity index (χ3n) is 2.64. The van der Waals surface area contributed by atoms with Crippen molar-refractivity contribution in [2.45, 2.75) is 6.92 Å². The van der Waals surface area contributed by atoms with Crippen molar-refractivity contribution in [2.24, 2.45) is 0 Å². The van der Waals surface area contributed by atoms with Crippen molar-refractivity contribution in [3.8, 4) is 0 Å². The maximum atomic E-state index is 11.8. The number of benzene rings is 1. The van der Waals surface area contributed by atoms with Crippen LogP contribution >= 0.6 is 0 Å². The zero-order chi connectivity index (χ0) is 14.9. The highest BCUT2D eigenvalue weighted by atomic mass is 16.6. The van der Waals surface area contributed by atoms with Crippen LogP contribution in [-0.4, -0.2) is 27.7 Å². The highest BCUT2D eigenvalue weighted by Crippen LogP contribution is 2.22. The summed E-state index contributed by atoms with van der Waals surface area (Å²) in [4.78, 5) is 44.8. The molecule has 0 aromatic heterocycles. The number of rotatable bonds is 2. The molecule has 0 bridgehead atoms. The van der Waals surface area contributed by atoms with Crippen LogP contribution in [0.2, 0.25) is 0 Å². The molecule has 20 heavy (non-hydrogen) atoms. The molecule has 8 heteroatoms. The average molecular weight is 275 g/mol. The molecule has 0 unspecified atom stereocenters. The van der Waals surface area contributed by atoms with Crippen molar-refractivity contribution in [2.75, 3.05) is 0 Å². The Morgan fingerprint density at radius 1 is 1.35 bits per heavy atom. The summed E-state index contributed by atoms with van der Waals surface area (Å²) in [7, 11) is 0. The molecule has 0 aliphatic carbocycles. The van der Waals surface area contributed by atoms with E-state index in [9.17, 15) is 24.5 Å². The maximum Gasteiger partial charge on any atom is 0.285 e. The predicted octanol–water partition coefficient (Wildman–Crippen LogP) is 0.398. The molecule has 0 atom stereocenters. The largest absolute Gasteiger partial charge is 0.285 e. The minimum atomic E-state index is -0.833. The molecule has 0 spiro atoms. The molecule has 1 saturated heterocycles. The lowest BCUT2D eigenvalue weighted by atomic mass is 10.1. The first kappa shape index (κ1) is 13.4. The van der Waals surface area contributed by atoms with Gasteiger partial charge in [-0.1, -0.05) is 12.1 Å². The monoisotopic (exact) mass is 275 g/mol. The van der Waals surface area contributed by atoms with Crippen LogP contribution < -0.4 is 5.43 Å². The lowest BCUT2D eigenvalue weighted by Crippen LogP contribution is -2.39. The van der Waals surface area contributed by atoms with Crippen LogP contribution in [0.1, 0.15) is 12.5 Å². The van der Waals surface area contributed by atoms with Crippen LogP contribution in [0.15, 0.2) is 29.8 Å². The zero-order valence-corrected chi connectivity index (χ0v) is 10.3. The molecule has 1 heterocycles.